The van der Waals surface area contributed by atoms with E-state index in [2.05, 4.69) is 20.2 Å². The van der Waals surface area contributed by atoms with E-state index in [0.717, 1.165) is 31.9 Å². The lowest BCUT2D eigenvalue weighted by atomic mass is 10.0. The molecule has 92 valence electrons. The molecule has 2 atom stereocenters. The molecule has 2 N–H and O–H groups in total. The minimum atomic E-state index is -0.00824. The SMILES string of the molecule is O=C1CO[C@@H]2CCN(Cc3ncc[nH]3)C[C@@H]2N1. The topological polar surface area (TPSA) is 70.2 Å². The third-order valence-corrected chi connectivity index (χ3v) is 3.34. The number of carbonyl (C=O) groups is 1. The number of imidazole rings is 1. The maximum atomic E-state index is 11.3. The van der Waals surface area contributed by atoms with Crippen molar-refractivity contribution in [3.63, 3.8) is 0 Å². The van der Waals surface area contributed by atoms with Crippen LogP contribution in [0.15, 0.2) is 12.4 Å². The first kappa shape index (κ1) is 10.7. The number of aromatic amines is 1. The fraction of sp³-hybridized carbons (Fsp3) is 0.636. The number of amides is 1. The predicted octanol–water partition coefficient (Wildman–Crippen LogP) is -0.501. The number of likely N-dealkylation sites (tertiary alicyclic amines) is 1. The molecule has 0 bridgehead atoms. The smallest absolute Gasteiger partial charge is 0.246 e. The fourth-order valence-corrected chi connectivity index (χ4v) is 2.51. The second-order valence-corrected chi connectivity index (χ2v) is 4.58. The summed E-state index contributed by atoms with van der Waals surface area (Å²) >= 11 is 0. The van der Waals surface area contributed by atoms with Crippen LogP contribution >= 0.6 is 0 Å². The van der Waals surface area contributed by atoms with E-state index < -0.39 is 0 Å². The number of nitrogens with zero attached hydrogens (tertiary/aromatic N) is 2. The fourth-order valence-electron chi connectivity index (χ4n) is 2.51. The molecule has 0 saturated carbocycles. The van der Waals surface area contributed by atoms with Crippen LogP contribution in [0.2, 0.25) is 0 Å². The minimum absolute atomic E-state index is 0.00824. The number of hydrogen-bond acceptors (Lipinski definition) is 4. The highest BCUT2D eigenvalue weighted by Gasteiger charge is 2.34. The highest BCUT2D eigenvalue weighted by molar-refractivity contribution is 5.78. The van der Waals surface area contributed by atoms with Crippen LogP contribution in [0.3, 0.4) is 0 Å². The quantitative estimate of drug-likeness (QED) is 0.726. The zero-order chi connectivity index (χ0) is 11.7. The first-order chi connectivity index (χ1) is 8.31. The molecule has 2 aliphatic heterocycles. The number of morpholine rings is 1. The van der Waals surface area contributed by atoms with Gasteiger partial charge in [0.1, 0.15) is 12.4 Å². The van der Waals surface area contributed by atoms with Crippen LogP contribution in [0, 0.1) is 0 Å². The Hall–Kier alpha value is -1.40. The Kier molecular flexibility index (Phi) is 2.82. The van der Waals surface area contributed by atoms with E-state index in [1.165, 1.54) is 0 Å². The van der Waals surface area contributed by atoms with Gasteiger partial charge in [0.2, 0.25) is 5.91 Å². The highest BCUT2D eigenvalue weighted by Crippen LogP contribution is 2.18. The molecule has 2 saturated heterocycles. The average molecular weight is 236 g/mol. The van der Waals surface area contributed by atoms with Gasteiger partial charge < -0.3 is 15.0 Å². The van der Waals surface area contributed by atoms with Crippen molar-refractivity contribution in [1.82, 2.24) is 20.2 Å². The Labute approximate surface area is 99.4 Å². The molecule has 0 aromatic carbocycles. The lowest BCUT2D eigenvalue weighted by Crippen LogP contribution is -2.60. The lowest BCUT2D eigenvalue weighted by Gasteiger charge is -2.40. The zero-order valence-electron chi connectivity index (χ0n) is 9.56. The van der Waals surface area contributed by atoms with Crippen LogP contribution in [0.4, 0.5) is 0 Å². The molecular weight excluding hydrogens is 220 g/mol. The molecular formula is C11H16N4O2. The summed E-state index contributed by atoms with van der Waals surface area (Å²) in [7, 11) is 0. The molecule has 3 heterocycles. The third-order valence-electron chi connectivity index (χ3n) is 3.34. The van der Waals surface area contributed by atoms with Crippen molar-refractivity contribution >= 4 is 5.91 Å². The first-order valence-corrected chi connectivity index (χ1v) is 5.93. The van der Waals surface area contributed by atoms with Crippen molar-refractivity contribution < 1.29 is 9.53 Å². The Morgan fingerprint density at radius 2 is 2.53 bits per heavy atom. The Balaban J connectivity index is 1.60. The second kappa shape index (κ2) is 4.46. The number of ether oxygens (including phenoxy) is 1. The van der Waals surface area contributed by atoms with Gasteiger partial charge in [0.05, 0.1) is 18.7 Å². The van der Waals surface area contributed by atoms with Crippen molar-refractivity contribution in [1.29, 1.82) is 0 Å². The number of hydrogen-bond donors (Lipinski definition) is 2. The second-order valence-electron chi connectivity index (χ2n) is 4.58. The molecule has 0 aliphatic carbocycles. The van der Waals surface area contributed by atoms with E-state index in [0.29, 0.717) is 0 Å². The number of fused-ring (bicyclic) bond motifs is 1. The monoisotopic (exact) mass is 236 g/mol. The summed E-state index contributed by atoms with van der Waals surface area (Å²) in [6.45, 7) is 2.82. The van der Waals surface area contributed by atoms with Gasteiger partial charge in [0, 0.05) is 25.5 Å². The van der Waals surface area contributed by atoms with E-state index in [-0.39, 0.29) is 24.7 Å². The van der Waals surface area contributed by atoms with E-state index in [1.54, 1.807) is 6.20 Å². The van der Waals surface area contributed by atoms with E-state index in [9.17, 15) is 4.79 Å². The summed E-state index contributed by atoms with van der Waals surface area (Å²) in [5, 5.41) is 2.99. The highest BCUT2D eigenvalue weighted by atomic mass is 16.5. The van der Waals surface area contributed by atoms with Gasteiger partial charge in [-0.05, 0) is 6.42 Å². The summed E-state index contributed by atoms with van der Waals surface area (Å²) in [4.78, 5) is 20.9. The van der Waals surface area contributed by atoms with Crippen LogP contribution in [-0.2, 0) is 16.1 Å². The molecule has 3 rings (SSSR count). The predicted molar refractivity (Wildman–Crippen MR) is 60.2 cm³/mol. The van der Waals surface area contributed by atoms with Crippen LogP contribution < -0.4 is 5.32 Å². The zero-order valence-corrected chi connectivity index (χ0v) is 9.56. The molecule has 2 aliphatic rings. The van der Waals surface area contributed by atoms with Crippen molar-refractivity contribution in [2.45, 2.75) is 25.1 Å². The van der Waals surface area contributed by atoms with Gasteiger partial charge in [-0.25, -0.2) is 4.98 Å². The molecule has 6 heteroatoms. The minimum Gasteiger partial charge on any atom is -0.366 e. The van der Waals surface area contributed by atoms with Crippen molar-refractivity contribution in [3.05, 3.63) is 18.2 Å². The van der Waals surface area contributed by atoms with Crippen LogP contribution in [0.5, 0.6) is 0 Å². The van der Waals surface area contributed by atoms with E-state index in [4.69, 9.17) is 4.74 Å². The average Bonchev–Trinajstić information content (AvgIpc) is 2.81. The van der Waals surface area contributed by atoms with Crippen LogP contribution in [-0.4, -0.2) is 52.6 Å². The number of rotatable bonds is 2. The number of H-pyrrole nitrogens is 1. The summed E-state index contributed by atoms with van der Waals surface area (Å²) in [5.74, 6) is 0.956. The third kappa shape index (κ3) is 2.32. The molecule has 1 aromatic rings. The molecule has 17 heavy (non-hydrogen) atoms. The van der Waals surface area contributed by atoms with Gasteiger partial charge in [0.15, 0.2) is 0 Å². The van der Waals surface area contributed by atoms with Crippen LogP contribution in [0.1, 0.15) is 12.2 Å². The molecule has 1 amide bonds. The Morgan fingerprint density at radius 3 is 3.35 bits per heavy atom. The lowest BCUT2D eigenvalue weighted by molar-refractivity contribution is -0.140. The van der Waals surface area contributed by atoms with Gasteiger partial charge in [-0.15, -0.1) is 0 Å². The van der Waals surface area contributed by atoms with Gasteiger partial charge >= 0.3 is 0 Å². The molecule has 1 aromatic heterocycles. The van der Waals surface area contributed by atoms with Gasteiger partial charge in [0.25, 0.3) is 0 Å². The van der Waals surface area contributed by atoms with Crippen molar-refractivity contribution in [3.8, 4) is 0 Å². The summed E-state index contributed by atoms with van der Waals surface area (Å²) < 4.78 is 5.52. The van der Waals surface area contributed by atoms with Gasteiger partial charge in [-0.1, -0.05) is 0 Å². The summed E-state index contributed by atoms with van der Waals surface area (Å²) in [6, 6.07) is 0.125. The van der Waals surface area contributed by atoms with Gasteiger partial charge in [-0.3, -0.25) is 9.69 Å². The largest absolute Gasteiger partial charge is 0.366 e. The van der Waals surface area contributed by atoms with Crippen molar-refractivity contribution in [2.24, 2.45) is 0 Å². The van der Waals surface area contributed by atoms with Gasteiger partial charge in [-0.2, -0.15) is 0 Å². The summed E-state index contributed by atoms with van der Waals surface area (Å²) in [6.07, 6.45) is 4.73. The number of piperidine rings is 1. The Morgan fingerprint density at radius 1 is 1.59 bits per heavy atom. The molecule has 0 spiro atoms. The molecule has 0 radical (unpaired) electrons. The molecule has 6 nitrogen and oxygen atoms in total. The Bertz CT molecular complexity index is 392. The summed E-state index contributed by atoms with van der Waals surface area (Å²) in [5.41, 5.74) is 0. The number of aromatic nitrogens is 2. The first-order valence-electron chi connectivity index (χ1n) is 5.93. The standard InChI is InChI=1S/C11H16N4O2/c16-11-7-17-9-1-4-15(5-8(9)14-11)6-10-12-2-3-13-10/h2-3,8-9H,1,4-7H2,(H,12,13)(H,14,16)/t8-,9+/m0/s1. The van der Waals surface area contributed by atoms with E-state index in [1.807, 2.05) is 6.20 Å². The molecule has 0 unspecified atom stereocenters. The van der Waals surface area contributed by atoms with Crippen LogP contribution in [0.25, 0.3) is 0 Å². The molecule has 2 fully saturated rings. The number of carbonyl (C=O) groups excluding carboxylic acids is 1. The maximum absolute atomic E-state index is 11.3. The number of nitrogens with one attached hydrogen (secondary N) is 2. The maximum Gasteiger partial charge on any atom is 0.246 e. The van der Waals surface area contributed by atoms with Crippen molar-refractivity contribution in [2.75, 3.05) is 19.7 Å². The van der Waals surface area contributed by atoms with E-state index >= 15 is 0 Å². The normalized spacial score (nSPS) is 29.8.